The van der Waals surface area contributed by atoms with E-state index in [1.165, 1.54) is 6.92 Å². The third kappa shape index (κ3) is 1.73. The number of carboxylic acid groups (broad SMARTS) is 1. The van der Waals surface area contributed by atoms with Crippen molar-refractivity contribution >= 4 is 18.0 Å². The van der Waals surface area contributed by atoms with Gasteiger partial charge in [0.2, 0.25) is 0 Å². The first kappa shape index (κ1) is 11.8. The molecule has 10 nitrogen and oxygen atoms in total. The number of carbonyl (C=O) groups excluding carboxylic acids is 2. The molecular weight excluding hydrogens is 246 g/mol. The highest BCUT2D eigenvalue weighted by Gasteiger charge is 2.51. The minimum Gasteiger partial charge on any atom is -0.465 e. The number of hydrogen-bond acceptors (Lipinski definition) is 6. The van der Waals surface area contributed by atoms with E-state index in [0.717, 1.165) is 0 Å². The van der Waals surface area contributed by atoms with Crippen LogP contribution in [-0.4, -0.2) is 40.0 Å². The lowest BCUT2D eigenvalue weighted by Gasteiger charge is -2.22. The van der Waals surface area contributed by atoms with Gasteiger partial charge < -0.3 is 15.7 Å². The van der Waals surface area contributed by atoms with Gasteiger partial charge in [0.1, 0.15) is 11.4 Å². The molecule has 0 spiro atoms. The van der Waals surface area contributed by atoms with Gasteiger partial charge in [0.25, 0.3) is 5.91 Å². The van der Waals surface area contributed by atoms with Crippen LogP contribution in [0.5, 0.6) is 0 Å². The number of imide groups is 1. The van der Waals surface area contributed by atoms with Gasteiger partial charge >= 0.3 is 12.1 Å². The van der Waals surface area contributed by atoms with E-state index in [1.54, 1.807) is 0 Å². The normalized spacial score (nSPS) is 22.5. The van der Waals surface area contributed by atoms with Crippen LogP contribution in [0.2, 0.25) is 0 Å². The van der Waals surface area contributed by atoms with E-state index in [2.05, 4.69) is 20.3 Å². The monoisotopic (exact) mass is 255 g/mol. The smallest absolute Gasteiger partial charge is 0.404 e. The van der Waals surface area contributed by atoms with Crippen LogP contribution in [-0.2, 0) is 10.3 Å². The van der Waals surface area contributed by atoms with Gasteiger partial charge in [0.05, 0.1) is 6.54 Å². The quantitative estimate of drug-likeness (QED) is 0.490. The van der Waals surface area contributed by atoms with Crippen molar-refractivity contribution in [1.29, 1.82) is 0 Å². The largest absolute Gasteiger partial charge is 0.465 e. The summed E-state index contributed by atoms with van der Waals surface area (Å²) in [4.78, 5) is 33.6. The van der Waals surface area contributed by atoms with Gasteiger partial charge in [0.15, 0.2) is 5.54 Å². The molecule has 0 radical (unpaired) electrons. The summed E-state index contributed by atoms with van der Waals surface area (Å²) in [6.07, 6.45) is -1.34. The minimum absolute atomic E-state index is 0.0552. The first-order chi connectivity index (χ1) is 8.45. The number of carbonyl (C=O) groups is 3. The number of nitrogens with one attached hydrogen (secondary N) is 3. The number of rotatable bonds is 3. The number of nitrogens with zero attached hydrogens (tertiary/aromatic N) is 2. The molecule has 4 N–H and O–H groups in total. The highest BCUT2D eigenvalue weighted by Crippen LogP contribution is 2.24. The van der Waals surface area contributed by atoms with E-state index in [-0.39, 0.29) is 17.9 Å². The van der Waals surface area contributed by atoms with Crippen molar-refractivity contribution in [2.75, 3.05) is 6.54 Å². The van der Waals surface area contributed by atoms with E-state index in [9.17, 15) is 14.4 Å². The topological polar surface area (TPSA) is 146 Å². The molecule has 1 saturated heterocycles. The maximum Gasteiger partial charge on any atom is 0.404 e. The number of hydrogen-bond donors (Lipinski definition) is 4. The Hall–Kier alpha value is -2.65. The van der Waals surface area contributed by atoms with Crippen molar-refractivity contribution in [2.45, 2.75) is 12.5 Å². The Labute approximate surface area is 99.7 Å². The van der Waals surface area contributed by atoms with Crippen molar-refractivity contribution in [3.63, 3.8) is 0 Å². The van der Waals surface area contributed by atoms with Gasteiger partial charge in [-0.3, -0.25) is 10.1 Å². The van der Waals surface area contributed by atoms with Crippen molar-refractivity contribution in [3.8, 4) is 0 Å². The molecule has 1 fully saturated rings. The Balaban J connectivity index is 2.40. The van der Waals surface area contributed by atoms with E-state index in [0.29, 0.717) is 0 Å². The second kappa shape index (κ2) is 3.98. The molecule has 1 aliphatic heterocycles. The molecule has 0 aliphatic carbocycles. The lowest BCUT2D eigenvalue weighted by atomic mass is 9.94. The van der Waals surface area contributed by atoms with Crippen LogP contribution in [0.3, 0.4) is 0 Å². The molecule has 2 rings (SSSR count). The van der Waals surface area contributed by atoms with Crippen molar-refractivity contribution in [3.05, 3.63) is 11.4 Å². The fraction of sp³-hybridized carbons (Fsp3) is 0.375. The Morgan fingerprint density at radius 3 is 2.67 bits per heavy atom. The fourth-order valence-corrected chi connectivity index (χ4v) is 1.69. The van der Waals surface area contributed by atoms with E-state index >= 15 is 0 Å². The van der Waals surface area contributed by atoms with Gasteiger partial charge in [-0.1, -0.05) is 10.3 Å². The lowest BCUT2D eigenvalue weighted by molar-refractivity contribution is -0.124. The summed E-state index contributed by atoms with van der Waals surface area (Å²) < 4.78 is 4.47. The minimum atomic E-state index is -1.64. The van der Waals surface area contributed by atoms with Gasteiger partial charge in [-0.25, -0.2) is 14.2 Å². The zero-order chi connectivity index (χ0) is 13.3. The van der Waals surface area contributed by atoms with Gasteiger partial charge in [-0.05, 0) is 6.92 Å². The first-order valence-corrected chi connectivity index (χ1v) is 4.86. The molecule has 1 aliphatic rings. The number of amides is 4. The van der Waals surface area contributed by atoms with E-state index in [1.807, 2.05) is 10.6 Å². The average molecular weight is 255 g/mol. The predicted molar refractivity (Wildman–Crippen MR) is 53.4 cm³/mol. The van der Waals surface area contributed by atoms with Crippen LogP contribution in [0.4, 0.5) is 9.59 Å². The molecule has 4 amide bonds. The van der Waals surface area contributed by atoms with Crippen molar-refractivity contribution in [1.82, 2.24) is 26.3 Å². The lowest BCUT2D eigenvalue weighted by Crippen LogP contribution is -2.53. The van der Waals surface area contributed by atoms with Crippen LogP contribution in [0.15, 0.2) is 4.63 Å². The Morgan fingerprint density at radius 1 is 1.50 bits per heavy atom. The summed E-state index contributed by atoms with van der Waals surface area (Å²) in [5, 5.41) is 22.0. The molecule has 0 bridgehead atoms. The van der Waals surface area contributed by atoms with Gasteiger partial charge in [-0.15, -0.1) is 0 Å². The summed E-state index contributed by atoms with van der Waals surface area (Å²) in [7, 11) is 0. The maximum absolute atomic E-state index is 11.8. The van der Waals surface area contributed by atoms with E-state index < -0.39 is 23.6 Å². The number of urea groups is 1. The summed E-state index contributed by atoms with van der Waals surface area (Å²) >= 11 is 0. The molecule has 96 valence electrons. The molecule has 18 heavy (non-hydrogen) atoms. The standard InChI is InChI=1S/C8H9N5O5/c1-3-4(13-18-12-3)8(2-9-7(16)17)5(14)10-6(15)11-8/h9H,2H2,1H3,(H,16,17)(H2,10,11,14,15). The van der Waals surface area contributed by atoms with Crippen LogP contribution in [0.1, 0.15) is 11.4 Å². The number of aromatic nitrogens is 2. The zero-order valence-electron chi connectivity index (χ0n) is 9.18. The SMILES string of the molecule is Cc1nonc1C1(CNC(=O)O)NC(=O)NC1=O. The van der Waals surface area contributed by atoms with Gasteiger partial charge in [-0.2, -0.15) is 0 Å². The summed E-state index contributed by atoms with van der Waals surface area (Å²) in [6.45, 7) is 1.14. The third-order valence-electron chi connectivity index (χ3n) is 2.50. The second-order valence-electron chi connectivity index (χ2n) is 3.67. The highest BCUT2D eigenvalue weighted by molar-refractivity contribution is 6.07. The summed E-state index contributed by atoms with van der Waals surface area (Å²) in [5.41, 5.74) is -1.31. The third-order valence-corrected chi connectivity index (χ3v) is 2.50. The van der Waals surface area contributed by atoms with E-state index in [4.69, 9.17) is 5.11 Å². The zero-order valence-corrected chi connectivity index (χ0v) is 9.18. The molecule has 1 aromatic rings. The summed E-state index contributed by atoms with van der Waals surface area (Å²) in [6, 6.07) is -0.741. The van der Waals surface area contributed by atoms with Crippen LogP contribution in [0, 0.1) is 6.92 Å². The second-order valence-corrected chi connectivity index (χ2v) is 3.67. The van der Waals surface area contributed by atoms with Crippen molar-refractivity contribution < 1.29 is 24.1 Å². The average Bonchev–Trinajstić information content (AvgIpc) is 2.81. The van der Waals surface area contributed by atoms with Crippen LogP contribution < -0.4 is 16.0 Å². The van der Waals surface area contributed by atoms with Gasteiger partial charge in [0, 0.05) is 0 Å². The maximum atomic E-state index is 11.8. The Morgan fingerprint density at radius 2 is 2.22 bits per heavy atom. The van der Waals surface area contributed by atoms with Crippen LogP contribution in [0.25, 0.3) is 0 Å². The molecular formula is C8H9N5O5. The number of aryl methyl sites for hydroxylation is 1. The molecule has 1 atom stereocenters. The first-order valence-electron chi connectivity index (χ1n) is 4.86. The fourth-order valence-electron chi connectivity index (χ4n) is 1.69. The molecule has 1 aromatic heterocycles. The van der Waals surface area contributed by atoms with Crippen LogP contribution >= 0.6 is 0 Å². The molecule has 10 heteroatoms. The molecule has 0 saturated carbocycles. The molecule has 2 heterocycles. The molecule has 1 unspecified atom stereocenters. The van der Waals surface area contributed by atoms with Crippen molar-refractivity contribution in [2.24, 2.45) is 0 Å². The highest BCUT2D eigenvalue weighted by atomic mass is 16.6. The Kier molecular flexibility index (Phi) is 2.61. The Bertz CT molecular complexity index is 526. The molecule has 0 aromatic carbocycles. The summed E-state index contributed by atoms with van der Waals surface area (Å²) in [5.74, 6) is -0.722. The predicted octanol–water partition coefficient (Wildman–Crippen LogP) is -1.32.